The molecule has 12 aromatic carbocycles. The average Bonchev–Trinajstić information content (AvgIpc) is 1.71. The summed E-state index contributed by atoms with van der Waals surface area (Å²) in [7, 11) is 0. The van der Waals surface area contributed by atoms with Crippen LogP contribution in [-0.4, -0.2) is 46.6 Å². The second kappa shape index (κ2) is 34.2. The van der Waals surface area contributed by atoms with Gasteiger partial charge in [-0.15, -0.1) is 0 Å². The van der Waals surface area contributed by atoms with E-state index in [-0.39, 0.29) is 59.7 Å². The minimum absolute atomic E-state index is 0.0323. The summed E-state index contributed by atoms with van der Waals surface area (Å²) < 4.78 is 61.4. The van der Waals surface area contributed by atoms with Gasteiger partial charge in [-0.2, -0.15) is 0 Å². The van der Waals surface area contributed by atoms with Crippen LogP contribution < -0.4 is 60.1 Å². The molecule has 1 N–H and O–H groups in total. The van der Waals surface area contributed by atoms with Crippen molar-refractivity contribution in [2.45, 2.75) is 73.9 Å². The van der Waals surface area contributed by atoms with Gasteiger partial charge in [0.25, 0.3) is 0 Å². The summed E-state index contributed by atoms with van der Waals surface area (Å²) in [5.74, 6) is 1.66. The Labute approximate surface area is 620 Å². The maximum Gasteiger partial charge on any atom is 0.362 e. The van der Waals surface area contributed by atoms with Crippen molar-refractivity contribution in [3.63, 3.8) is 0 Å². The minimum atomic E-state index is -0.254. The fourth-order valence-electron chi connectivity index (χ4n) is 13.9. The van der Waals surface area contributed by atoms with Gasteiger partial charge in [0.2, 0.25) is 0 Å². The summed E-state index contributed by atoms with van der Waals surface area (Å²) in [5, 5.41) is 11.3. The standard InChI is InChI=1S/C15H13BO.C14H11BClFO2.2C14H12BClO.C14H12BFO.C14H13BO/c1-2-6-13(7-3-1)10-11-16-15-9-5-4-8-14(15)12-17-16;16-14-4-1-11(5-9(14)7-18)15-13-3-2-12(17)6-10(13)8-19-15;1-10-8-12(16)6-7-13(10)15-14-5-3-2-4-11(14)9-17-15;2*1-10-6-7-12(16)8-14(10)15-13-5-3-2-4-11(13)9-17-15;1-11-6-2-4-8-13(11)15-14-9-5-3-7-12(14)10-16-15/h1-11H,12H2;1-6,18H,7-8H2;3*2-8H,9H2,1H3;2-9H,10H2,1H3/b11-10+;;;;;. The third-order valence-electron chi connectivity index (χ3n) is 19.4. The Balaban J connectivity index is 0.000000110. The normalized spacial score (nSPS) is 13.9. The predicted octanol–water partition coefficient (Wildman–Crippen LogP) is 12.2. The molecule has 0 radical (unpaired) electrons. The third-order valence-corrected chi connectivity index (χ3v) is 20.2. The molecule has 508 valence electrons. The van der Waals surface area contributed by atoms with Gasteiger partial charge in [0.15, 0.2) is 0 Å². The first-order valence-corrected chi connectivity index (χ1v) is 35.7. The summed E-state index contributed by atoms with van der Waals surface area (Å²) in [4.78, 5) is 0. The van der Waals surface area contributed by atoms with Gasteiger partial charge in [-0.05, 0) is 187 Å². The fourth-order valence-corrected chi connectivity index (χ4v) is 14.5. The molecule has 0 aliphatic carbocycles. The summed E-state index contributed by atoms with van der Waals surface area (Å²) in [5.41, 5.74) is 26.6. The number of rotatable bonds is 8. The van der Waals surface area contributed by atoms with Crippen molar-refractivity contribution in [2.75, 3.05) is 0 Å². The van der Waals surface area contributed by atoms with Crippen LogP contribution in [0.3, 0.4) is 0 Å². The van der Waals surface area contributed by atoms with Crippen molar-refractivity contribution < 1.29 is 41.8 Å². The summed E-state index contributed by atoms with van der Waals surface area (Å²) in [6.07, 6.45) is 2.12. The van der Waals surface area contributed by atoms with Crippen molar-refractivity contribution in [1.29, 1.82) is 0 Å². The molecule has 6 heterocycles. The first kappa shape index (κ1) is 72.6. The van der Waals surface area contributed by atoms with Crippen LogP contribution in [0.1, 0.15) is 66.8 Å². The molecule has 12 aromatic rings. The highest BCUT2D eigenvalue weighted by Gasteiger charge is 2.35. The van der Waals surface area contributed by atoms with Gasteiger partial charge >= 0.3 is 41.5 Å². The van der Waals surface area contributed by atoms with Crippen molar-refractivity contribution >= 4 is 142 Å². The van der Waals surface area contributed by atoms with Crippen molar-refractivity contribution in [1.82, 2.24) is 0 Å². The Morgan fingerprint density at radius 3 is 1.27 bits per heavy atom. The van der Waals surface area contributed by atoms with E-state index in [1.54, 1.807) is 24.3 Å². The van der Waals surface area contributed by atoms with Crippen LogP contribution in [0.15, 0.2) is 273 Å². The largest absolute Gasteiger partial charge is 0.423 e. The van der Waals surface area contributed by atoms with E-state index in [2.05, 4.69) is 184 Å². The highest BCUT2D eigenvalue weighted by Crippen LogP contribution is 2.21. The highest BCUT2D eigenvalue weighted by atomic mass is 35.5. The van der Waals surface area contributed by atoms with Crippen LogP contribution in [0.5, 0.6) is 0 Å². The molecule has 18 rings (SSSR count). The predicted molar refractivity (Wildman–Crippen MR) is 425 cm³/mol. The summed E-state index contributed by atoms with van der Waals surface area (Å²) >= 11 is 18.0. The molecule has 0 bridgehead atoms. The van der Waals surface area contributed by atoms with E-state index in [0.29, 0.717) is 37.0 Å². The molecule has 0 unspecified atom stereocenters. The number of aliphatic hydroxyl groups is 1. The lowest BCUT2D eigenvalue weighted by Gasteiger charge is -2.11. The Bertz CT molecular complexity index is 4890. The molecule has 0 aromatic heterocycles. The number of hydrogen-bond acceptors (Lipinski definition) is 7. The van der Waals surface area contributed by atoms with Crippen molar-refractivity contribution in [3.8, 4) is 0 Å². The molecular formula is C85H73B6Cl3F2O7. The number of benzene rings is 12. The highest BCUT2D eigenvalue weighted by molar-refractivity contribution is 6.83. The Morgan fingerprint density at radius 1 is 0.330 bits per heavy atom. The quantitative estimate of drug-likeness (QED) is 0.152. The Morgan fingerprint density at radius 2 is 0.718 bits per heavy atom. The Kier molecular flexibility index (Phi) is 24.1. The van der Waals surface area contributed by atoms with Crippen LogP contribution in [0.2, 0.25) is 15.1 Å². The molecule has 103 heavy (non-hydrogen) atoms. The molecule has 0 saturated carbocycles. The van der Waals surface area contributed by atoms with E-state index in [1.165, 1.54) is 107 Å². The van der Waals surface area contributed by atoms with Crippen LogP contribution in [0, 0.1) is 39.3 Å². The molecular weight excluding hydrogens is 1340 g/mol. The van der Waals surface area contributed by atoms with E-state index < -0.39 is 0 Å². The van der Waals surface area contributed by atoms with Gasteiger partial charge in [0.05, 0.1) is 46.2 Å². The molecule has 7 nitrogen and oxygen atoms in total. The molecule has 0 spiro atoms. The van der Waals surface area contributed by atoms with Crippen LogP contribution in [-0.2, 0) is 74.2 Å². The van der Waals surface area contributed by atoms with Gasteiger partial charge in [-0.1, -0.05) is 281 Å². The molecule has 0 atom stereocenters. The number of aliphatic hydroxyl groups excluding tert-OH is 1. The number of aryl methyl sites for hydroxylation is 4. The van der Waals surface area contributed by atoms with E-state index >= 15 is 0 Å². The first-order valence-electron chi connectivity index (χ1n) is 34.6. The lowest BCUT2D eigenvalue weighted by Crippen LogP contribution is -2.42. The fraction of sp³-hybridized carbons (Fsp3) is 0.129. The van der Waals surface area contributed by atoms with E-state index in [0.717, 1.165) is 56.2 Å². The van der Waals surface area contributed by atoms with E-state index in [9.17, 15) is 13.9 Å². The topological polar surface area (TPSA) is 75.6 Å². The summed E-state index contributed by atoms with van der Waals surface area (Å²) in [6.45, 7) is 12.0. The van der Waals surface area contributed by atoms with Crippen molar-refractivity contribution in [2.24, 2.45) is 0 Å². The van der Waals surface area contributed by atoms with Gasteiger partial charge in [0, 0.05) is 15.1 Å². The second-order valence-electron chi connectivity index (χ2n) is 26.2. The zero-order valence-electron chi connectivity index (χ0n) is 57.8. The lowest BCUT2D eigenvalue weighted by atomic mass is 9.54. The van der Waals surface area contributed by atoms with Gasteiger partial charge in [-0.25, -0.2) is 8.78 Å². The monoisotopic (exact) mass is 1410 g/mol. The minimum Gasteiger partial charge on any atom is -0.423 e. The van der Waals surface area contributed by atoms with Gasteiger partial charge in [0.1, 0.15) is 11.6 Å². The Hall–Kier alpha value is -8.78. The van der Waals surface area contributed by atoms with Crippen molar-refractivity contribution in [3.05, 3.63) is 366 Å². The average molecular weight is 1420 g/mol. The second-order valence-corrected chi connectivity index (χ2v) is 27.4. The lowest BCUT2D eigenvalue weighted by molar-refractivity contribution is 0.282. The third kappa shape index (κ3) is 17.4. The number of halogens is 5. The molecule has 6 aliphatic heterocycles. The number of fused-ring (bicyclic) bond motifs is 6. The smallest absolute Gasteiger partial charge is 0.362 e. The zero-order chi connectivity index (χ0) is 71.3. The molecule has 6 aliphatic rings. The molecule has 0 saturated heterocycles. The van der Waals surface area contributed by atoms with Crippen LogP contribution >= 0.6 is 34.8 Å². The maximum atomic E-state index is 13.3. The first-order chi connectivity index (χ1) is 50.2. The molecule has 0 amide bonds. The van der Waals surface area contributed by atoms with Crippen LogP contribution in [0.25, 0.3) is 6.08 Å². The van der Waals surface area contributed by atoms with E-state index in [1.807, 2.05) is 79.7 Å². The molecule has 18 heteroatoms. The van der Waals surface area contributed by atoms with Gasteiger partial charge < -0.3 is 33.0 Å². The zero-order valence-corrected chi connectivity index (χ0v) is 60.0. The molecule has 0 fully saturated rings. The summed E-state index contributed by atoms with van der Waals surface area (Å²) in [6, 6.07) is 87.4. The maximum absolute atomic E-state index is 13.3. The van der Waals surface area contributed by atoms with Gasteiger partial charge in [-0.3, -0.25) is 0 Å². The van der Waals surface area contributed by atoms with Crippen LogP contribution in [0.4, 0.5) is 8.78 Å². The van der Waals surface area contributed by atoms with E-state index in [4.69, 9.17) is 62.7 Å². The SMILES string of the molecule is C(=C\c1ccccc1)/B1OCc2ccccc21.Cc1cc(Cl)ccc1B1OCc2ccccc21.Cc1ccc(Cl)cc1B1OCc2ccccc21.Cc1ccc(F)cc1B1OCc2ccccc21.Cc1ccccc1B1OCc2ccccc21.OCc1cc(B2OCc3cc(F)ccc32)ccc1Cl. The number of hydrogen-bond donors (Lipinski definition) is 1.